The molecule has 1 heterocycles. The van der Waals surface area contributed by atoms with E-state index in [9.17, 15) is 0 Å². The molecule has 3 nitrogen and oxygen atoms in total. The van der Waals surface area contributed by atoms with Crippen molar-refractivity contribution in [3.63, 3.8) is 0 Å². The Bertz CT molecular complexity index is 172. The zero-order chi connectivity index (χ0) is 7.40. The molecule has 3 heteroatoms. The fourth-order valence-electron chi connectivity index (χ4n) is 0.967. The lowest BCUT2D eigenvalue weighted by Gasteiger charge is -2.02. The van der Waals surface area contributed by atoms with Crippen LogP contribution in [0.3, 0.4) is 0 Å². The van der Waals surface area contributed by atoms with Crippen LogP contribution in [0.4, 0.5) is 0 Å². The maximum absolute atomic E-state index is 4.62. The van der Waals surface area contributed by atoms with Gasteiger partial charge in [-0.25, -0.2) is 0 Å². The summed E-state index contributed by atoms with van der Waals surface area (Å²) in [5.74, 6) is 0.483. The van der Waals surface area contributed by atoms with Crippen LogP contribution in [0.15, 0.2) is 10.8 Å². The Morgan fingerprint density at radius 2 is 2.50 bits per heavy atom. The van der Waals surface area contributed by atoms with Crippen LogP contribution in [-0.2, 0) is 0 Å². The van der Waals surface area contributed by atoms with E-state index in [-0.39, 0.29) is 0 Å². The lowest BCUT2D eigenvalue weighted by atomic mass is 10.0. The third-order valence-corrected chi connectivity index (χ3v) is 1.60. The molecule has 1 aromatic rings. The molecule has 1 atom stereocenters. The minimum atomic E-state index is 0.483. The first-order chi connectivity index (χ1) is 4.84. The summed E-state index contributed by atoms with van der Waals surface area (Å²) in [6.45, 7) is 4.28. The number of nitrogens with zero attached hydrogens (tertiary/aromatic N) is 2. The van der Waals surface area contributed by atoms with E-state index in [1.807, 2.05) is 0 Å². The van der Waals surface area contributed by atoms with Crippen molar-refractivity contribution in [2.75, 3.05) is 0 Å². The molecule has 0 aliphatic rings. The smallest absolute Gasteiger partial charge is 0.147 e. The summed E-state index contributed by atoms with van der Waals surface area (Å²) in [6, 6.07) is 0. The molecule has 1 unspecified atom stereocenters. The van der Waals surface area contributed by atoms with Gasteiger partial charge in [0, 0.05) is 11.2 Å². The summed E-state index contributed by atoms with van der Waals surface area (Å²) >= 11 is 0. The third-order valence-electron chi connectivity index (χ3n) is 1.60. The molecule has 1 aromatic heterocycles. The Kier molecular flexibility index (Phi) is 2.42. The van der Waals surface area contributed by atoms with E-state index in [0.717, 1.165) is 12.1 Å². The molecule has 0 spiro atoms. The summed E-state index contributed by atoms with van der Waals surface area (Å²) < 4.78 is 4.62. The Morgan fingerprint density at radius 1 is 1.70 bits per heavy atom. The molecule has 0 amide bonds. The first kappa shape index (κ1) is 7.25. The van der Waals surface area contributed by atoms with Gasteiger partial charge in [0.15, 0.2) is 0 Å². The Morgan fingerprint density at radius 3 is 3.00 bits per heavy atom. The van der Waals surface area contributed by atoms with Crippen molar-refractivity contribution >= 4 is 0 Å². The van der Waals surface area contributed by atoms with E-state index in [0.29, 0.717) is 5.92 Å². The number of hydrogen-bond acceptors (Lipinski definition) is 3. The highest BCUT2D eigenvalue weighted by atomic mass is 16.5. The summed E-state index contributed by atoms with van der Waals surface area (Å²) in [6.07, 6.45) is 3.93. The lowest BCUT2D eigenvalue weighted by Crippen LogP contribution is -1.92. The molecule has 0 N–H and O–H groups in total. The first-order valence-corrected chi connectivity index (χ1v) is 3.61. The Balaban J connectivity index is 2.50. The standard InChI is InChI=1S/C7H12N2O/c1-3-4-6(2)7-5-10-9-8-7/h5-6H,3-4H2,1-2H3. The topological polar surface area (TPSA) is 38.9 Å². The van der Waals surface area contributed by atoms with Gasteiger partial charge in [-0.05, 0) is 6.42 Å². The van der Waals surface area contributed by atoms with Crippen LogP contribution in [-0.4, -0.2) is 10.4 Å². The molecule has 1 rings (SSSR count). The van der Waals surface area contributed by atoms with E-state index in [1.165, 1.54) is 6.42 Å². The van der Waals surface area contributed by atoms with Gasteiger partial charge < -0.3 is 4.52 Å². The van der Waals surface area contributed by atoms with Gasteiger partial charge >= 0.3 is 0 Å². The third kappa shape index (κ3) is 1.56. The van der Waals surface area contributed by atoms with Crippen LogP contribution in [0.2, 0.25) is 0 Å². The van der Waals surface area contributed by atoms with Gasteiger partial charge in [0.05, 0.1) is 0 Å². The van der Waals surface area contributed by atoms with Gasteiger partial charge in [0.25, 0.3) is 0 Å². The average Bonchev–Trinajstić information content (AvgIpc) is 2.38. The lowest BCUT2D eigenvalue weighted by molar-refractivity contribution is 0.392. The van der Waals surface area contributed by atoms with E-state index in [2.05, 4.69) is 28.7 Å². The van der Waals surface area contributed by atoms with Gasteiger partial charge in [-0.15, -0.1) is 5.10 Å². The van der Waals surface area contributed by atoms with Crippen LogP contribution in [0.1, 0.15) is 38.3 Å². The van der Waals surface area contributed by atoms with Crippen LogP contribution in [0.5, 0.6) is 0 Å². The summed E-state index contributed by atoms with van der Waals surface area (Å²) in [5, 5.41) is 7.22. The maximum Gasteiger partial charge on any atom is 0.147 e. The molecular weight excluding hydrogens is 128 g/mol. The SMILES string of the molecule is CCCC(C)c1conn1. The van der Waals surface area contributed by atoms with Crippen molar-refractivity contribution in [3.05, 3.63) is 12.0 Å². The van der Waals surface area contributed by atoms with Gasteiger partial charge in [-0.1, -0.05) is 20.3 Å². The normalized spacial score (nSPS) is 13.4. The average molecular weight is 140 g/mol. The van der Waals surface area contributed by atoms with Crippen molar-refractivity contribution in [1.82, 2.24) is 10.4 Å². The molecule has 0 aromatic carbocycles. The molecule has 0 fully saturated rings. The molecule has 0 saturated carbocycles. The van der Waals surface area contributed by atoms with E-state index in [4.69, 9.17) is 0 Å². The predicted octanol–water partition coefficient (Wildman–Crippen LogP) is 1.97. The van der Waals surface area contributed by atoms with Crippen LogP contribution in [0.25, 0.3) is 0 Å². The predicted molar refractivity (Wildman–Crippen MR) is 37.6 cm³/mol. The largest absolute Gasteiger partial charge is 0.345 e. The minimum absolute atomic E-state index is 0.483. The maximum atomic E-state index is 4.62. The van der Waals surface area contributed by atoms with Crippen molar-refractivity contribution in [1.29, 1.82) is 0 Å². The number of rotatable bonds is 3. The van der Waals surface area contributed by atoms with E-state index >= 15 is 0 Å². The second kappa shape index (κ2) is 3.34. The number of aromatic nitrogens is 2. The van der Waals surface area contributed by atoms with E-state index < -0.39 is 0 Å². The monoisotopic (exact) mass is 140 g/mol. The van der Waals surface area contributed by atoms with Gasteiger partial charge in [0.2, 0.25) is 0 Å². The molecule has 0 bridgehead atoms. The van der Waals surface area contributed by atoms with Crippen molar-refractivity contribution in [2.24, 2.45) is 0 Å². The molecule has 10 heavy (non-hydrogen) atoms. The van der Waals surface area contributed by atoms with Crippen LogP contribution < -0.4 is 0 Å². The van der Waals surface area contributed by atoms with Gasteiger partial charge in [-0.3, -0.25) is 0 Å². The highest BCUT2D eigenvalue weighted by Crippen LogP contribution is 2.16. The fourth-order valence-corrected chi connectivity index (χ4v) is 0.967. The fraction of sp³-hybridized carbons (Fsp3) is 0.714. The summed E-state index contributed by atoms with van der Waals surface area (Å²) in [5.41, 5.74) is 0.960. The van der Waals surface area contributed by atoms with Crippen molar-refractivity contribution < 1.29 is 4.52 Å². The second-order valence-corrected chi connectivity index (χ2v) is 2.52. The van der Waals surface area contributed by atoms with Gasteiger partial charge in [-0.2, -0.15) is 0 Å². The van der Waals surface area contributed by atoms with Crippen molar-refractivity contribution in [3.8, 4) is 0 Å². The molecule has 56 valence electrons. The highest BCUT2D eigenvalue weighted by molar-refractivity contribution is 4.96. The Hall–Kier alpha value is -0.860. The summed E-state index contributed by atoms with van der Waals surface area (Å²) in [4.78, 5) is 0. The Labute approximate surface area is 60.4 Å². The van der Waals surface area contributed by atoms with Crippen LogP contribution in [0, 0.1) is 0 Å². The molecular formula is C7H12N2O. The first-order valence-electron chi connectivity index (χ1n) is 3.61. The quantitative estimate of drug-likeness (QED) is 0.644. The zero-order valence-corrected chi connectivity index (χ0v) is 6.37. The highest BCUT2D eigenvalue weighted by Gasteiger charge is 2.06. The molecule has 0 aliphatic heterocycles. The van der Waals surface area contributed by atoms with Crippen molar-refractivity contribution in [2.45, 2.75) is 32.6 Å². The van der Waals surface area contributed by atoms with Crippen LogP contribution >= 0.6 is 0 Å². The number of hydrogen-bond donors (Lipinski definition) is 0. The summed E-state index contributed by atoms with van der Waals surface area (Å²) in [7, 11) is 0. The molecule has 0 aliphatic carbocycles. The second-order valence-electron chi connectivity index (χ2n) is 2.52. The zero-order valence-electron chi connectivity index (χ0n) is 6.37. The van der Waals surface area contributed by atoms with Gasteiger partial charge in [0.1, 0.15) is 12.0 Å². The minimum Gasteiger partial charge on any atom is -0.345 e. The van der Waals surface area contributed by atoms with E-state index in [1.54, 1.807) is 6.26 Å². The molecule has 0 radical (unpaired) electrons. The molecule has 0 saturated heterocycles.